The molecule has 18 heavy (non-hydrogen) atoms. The van der Waals surface area contributed by atoms with Gasteiger partial charge in [-0.25, -0.2) is 9.97 Å². The van der Waals surface area contributed by atoms with Crippen LogP contribution in [-0.2, 0) is 6.54 Å². The van der Waals surface area contributed by atoms with Crippen LogP contribution in [-0.4, -0.2) is 16.0 Å². The quantitative estimate of drug-likeness (QED) is 0.918. The largest absolute Gasteiger partial charge is 0.308 e. The minimum absolute atomic E-state index is 0.428. The molecule has 1 N–H and O–H groups in total. The first kappa shape index (κ1) is 13.0. The van der Waals surface area contributed by atoms with E-state index in [-0.39, 0.29) is 0 Å². The van der Waals surface area contributed by atoms with E-state index in [9.17, 15) is 0 Å². The molecule has 2 rings (SSSR count). The topological polar surface area (TPSA) is 37.8 Å². The van der Waals surface area contributed by atoms with E-state index in [2.05, 4.69) is 29.1 Å². The van der Waals surface area contributed by atoms with Crippen molar-refractivity contribution in [1.82, 2.24) is 15.3 Å². The maximum atomic E-state index is 6.13. The molecule has 0 amide bonds. The molecule has 3 nitrogen and oxygen atoms in total. The normalized spacial score (nSPS) is 10.9. The fraction of sp³-hybridized carbons (Fsp3) is 0.286. The summed E-state index contributed by atoms with van der Waals surface area (Å²) in [7, 11) is 0. The van der Waals surface area contributed by atoms with Crippen LogP contribution in [0.25, 0.3) is 11.1 Å². The van der Waals surface area contributed by atoms with Crippen LogP contribution in [0.3, 0.4) is 0 Å². The molecule has 0 fully saturated rings. The fourth-order valence-electron chi connectivity index (χ4n) is 1.58. The molecule has 0 radical (unpaired) electrons. The van der Waals surface area contributed by atoms with E-state index in [0.29, 0.717) is 17.6 Å². The number of benzene rings is 1. The van der Waals surface area contributed by atoms with E-state index in [1.165, 1.54) is 0 Å². The summed E-state index contributed by atoms with van der Waals surface area (Å²) in [5, 5.41) is 4.00. The highest BCUT2D eigenvalue weighted by Gasteiger charge is 2.04. The van der Waals surface area contributed by atoms with Gasteiger partial charge in [-0.3, -0.25) is 0 Å². The fourth-order valence-corrected chi connectivity index (χ4v) is 1.82. The molecule has 1 aromatic carbocycles. The Labute approximate surface area is 112 Å². The highest BCUT2D eigenvalue weighted by atomic mass is 35.5. The van der Waals surface area contributed by atoms with Gasteiger partial charge < -0.3 is 5.32 Å². The molecule has 0 saturated heterocycles. The van der Waals surface area contributed by atoms with E-state index in [1.54, 1.807) is 0 Å². The molecular formula is C14H16ClN3. The van der Waals surface area contributed by atoms with Gasteiger partial charge in [0.15, 0.2) is 0 Å². The van der Waals surface area contributed by atoms with Gasteiger partial charge in [0.2, 0.25) is 0 Å². The third-order valence-electron chi connectivity index (χ3n) is 2.56. The lowest BCUT2D eigenvalue weighted by Gasteiger charge is -2.07. The molecule has 1 aromatic heterocycles. The average Bonchev–Trinajstić information content (AvgIpc) is 2.38. The zero-order chi connectivity index (χ0) is 13.0. The summed E-state index contributed by atoms with van der Waals surface area (Å²) in [6.07, 6.45) is 3.62. The predicted octanol–water partition coefficient (Wildman–Crippen LogP) is 3.30. The van der Waals surface area contributed by atoms with Gasteiger partial charge in [-0.2, -0.15) is 0 Å². The number of hydrogen-bond donors (Lipinski definition) is 1. The summed E-state index contributed by atoms with van der Waals surface area (Å²) >= 11 is 6.13. The Morgan fingerprint density at radius 1 is 1.17 bits per heavy atom. The van der Waals surface area contributed by atoms with Gasteiger partial charge in [-0.15, -0.1) is 0 Å². The van der Waals surface area contributed by atoms with Crippen molar-refractivity contribution in [2.24, 2.45) is 0 Å². The first-order valence-corrected chi connectivity index (χ1v) is 6.34. The number of hydrogen-bond acceptors (Lipinski definition) is 3. The van der Waals surface area contributed by atoms with Crippen LogP contribution in [0.15, 0.2) is 36.7 Å². The smallest absolute Gasteiger partial charge is 0.141 e. The van der Waals surface area contributed by atoms with Gasteiger partial charge in [0, 0.05) is 34.6 Å². The lowest BCUT2D eigenvalue weighted by atomic mass is 10.1. The summed E-state index contributed by atoms with van der Waals surface area (Å²) in [4.78, 5) is 8.67. The van der Waals surface area contributed by atoms with Gasteiger partial charge in [0.1, 0.15) is 5.82 Å². The highest BCUT2D eigenvalue weighted by Crippen LogP contribution is 2.26. The molecule has 0 aliphatic rings. The Bertz CT molecular complexity index is 509. The Morgan fingerprint density at radius 2 is 1.83 bits per heavy atom. The van der Waals surface area contributed by atoms with E-state index in [0.717, 1.165) is 17.0 Å². The number of rotatable bonds is 4. The SMILES string of the molecule is CC(C)NCc1ncc(-c2ccccc2Cl)cn1. The maximum Gasteiger partial charge on any atom is 0.141 e. The third-order valence-corrected chi connectivity index (χ3v) is 2.89. The number of halogens is 1. The third kappa shape index (κ3) is 3.28. The summed E-state index contributed by atoms with van der Waals surface area (Å²) in [5.41, 5.74) is 1.90. The Morgan fingerprint density at radius 3 is 2.44 bits per heavy atom. The van der Waals surface area contributed by atoms with Crippen LogP contribution in [0.5, 0.6) is 0 Å². The Balaban J connectivity index is 2.15. The van der Waals surface area contributed by atoms with Gasteiger partial charge in [0.05, 0.1) is 6.54 Å². The second-order valence-electron chi connectivity index (χ2n) is 4.40. The first-order chi connectivity index (χ1) is 8.66. The van der Waals surface area contributed by atoms with Crippen LogP contribution >= 0.6 is 11.6 Å². The lowest BCUT2D eigenvalue weighted by Crippen LogP contribution is -2.23. The minimum Gasteiger partial charge on any atom is -0.308 e. The van der Waals surface area contributed by atoms with E-state index >= 15 is 0 Å². The van der Waals surface area contributed by atoms with Crippen LogP contribution in [0.4, 0.5) is 0 Å². The molecule has 0 bridgehead atoms. The average molecular weight is 262 g/mol. The Hall–Kier alpha value is -1.45. The molecular weight excluding hydrogens is 246 g/mol. The monoisotopic (exact) mass is 261 g/mol. The molecule has 0 aliphatic carbocycles. The first-order valence-electron chi connectivity index (χ1n) is 5.96. The second-order valence-corrected chi connectivity index (χ2v) is 4.81. The van der Waals surface area contributed by atoms with Gasteiger partial charge >= 0.3 is 0 Å². The van der Waals surface area contributed by atoms with Crippen molar-refractivity contribution in [3.05, 3.63) is 47.5 Å². The van der Waals surface area contributed by atoms with E-state index in [4.69, 9.17) is 11.6 Å². The van der Waals surface area contributed by atoms with Crippen molar-refractivity contribution in [3.8, 4) is 11.1 Å². The number of nitrogens with zero attached hydrogens (tertiary/aromatic N) is 2. The van der Waals surface area contributed by atoms with Crippen molar-refractivity contribution >= 4 is 11.6 Å². The second kappa shape index (κ2) is 5.94. The summed E-state index contributed by atoms with van der Waals surface area (Å²) in [6, 6.07) is 8.12. The molecule has 0 saturated carbocycles. The zero-order valence-corrected chi connectivity index (χ0v) is 11.3. The molecule has 0 aliphatic heterocycles. The molecule has 0 unspecified atom stereocenters. The number of nitrogens with one attached hydrogen (secondary N) is 1. The minimum atomic E-state index is 0.428. The molecule has 0 atom stereocenters. The van der Waals surface area contributed by atoms with Crippen LogP contribution in [0.1, 0.15) is 19.7 Å². The van der Waals surface area contributed by atoms with Gasteiger partial charge in [-0.1, -0.05) is 43.6 Å². The summed E-state index contributed by atoms with van der Waals surface area (Å²) < 4.78 is 0. The predicted molar refractivity (Wildman–Crippen MR) is 74.5 cm³/mol. The number of aromatic nitrogens is 2. The van der Waals surface area contributed by atoms with Crippen molar-refractivity contribution in [2.45, 2.75) is 26.4 Å². The van der Waals surface area contributed by atoms with E-state index < -0.39 is 0 Å². The van der Waals surface area contributed by atoms with Gasteiger partial charge in [-0.05, 0) is 6.07 Å². The van der Waals surface area contributed by atoms with Crippen molar-refractivity contribution in [1.29, 1.82) is 0 Å². The van der Waals surface area contributed by atoms with Gasteiger partial charge in [0.25, 0.3) is 0 Å². The molecule has 2 aromatic rings. The molecule has 0 spiro atoms. The molecule has 1 heterocycles. The molecule has 4 heteroatoms. The summed E-state index contributed by atoms with van der Waals surface area (Å²) in [6.45, 7) is 4.87. The van der Waals surface area contributed by atoms with Crippen molar-refractivity contribution in [2.75, 3.05) is 0 Å². The van der Waals surface area contributed by atoms with Crippen LogP contribution < -0.4 is 5.32 Å². The van der Waals surface area contributed by atoms with E-state index in [1.807, 2.05) is 36.7 Å². The summed E-state index contributed by atoms with van der Waals surface area (Å²) in [5.74, 6) is 0.791. The zero-order valence-electron chi connectivity index (χ0n) is 10.5. The van der Waals surface area contributed by atoms with Crippen LogP contribution in [0, 0.1) is 0 Å². The standard InChI is InChI=1S/C14H16ClN3/c1-10(2)16-9-14-17-7-11(8-18-14)12-5-3-4-6-13(12)15/h3-8,10,16H,9H2,1-2H3. The molecule has 94 valence electrons. The van der Waals surface area contributed by atoms with Crippen LogP contribution in [0.2, 0.25) is 5.02 Å². The maximum absolute atomic E-state index is 6.13. The van der Waals surface area contributed by atoms with Crippen molar-refractivity contribution < 1.29 is 0 Å². The van der Waals surface area contributed by atoms with Crippen molar-refractivity contribution in [3.63, 3.8) is 0 Å². The lowest BCUT2D eigenvalue weighted by molar-refractivity contribution is 0.572. The highest BCUT2D eigenvalue weighted by molar-refractivity contribution is 6.33. The Kier molecular flexibility index (Phi) is 4.28.